The van der Waals surface area contributed by atoms with E-state index < -0.39 is 0 Å². The second-order valence-corrected chi connectivity index (χ2v) is 6.06. The number of fused-ring (bicyclic) bond motifs is 1. The van der Waals surface area contributed by atoms with Crippen LogP contribution in [-0.2, 0) is 4.79 Å². The highest BCUT2D eigenvalue weighted by Crippen LogP contribution is 2.13. The van der Waals surface area contributed by atoms with Crippen LogP contribution in [0.25, 0.3) is 6.08 Å². The number of carbonyl (C=O) groups excluding carboxylic acids is 2. The normalized spacial score (nSPS) is 15.6. The quantitative estimate of drug-likeness (QED) is 0.897. The number of aryl methyl sites for hydroxylation is 1. The van der Waals surface area contributed by atoms with Gasteiger partial charge in [-0.05, 0) is 48.4 Å². The summed E-state index contributed by atoms with van der Waals surface area (Å²) in [6.45, 7) is 2.38. The molecular formula is C20H20N2O3. The summed E-state index contributed by atoms with van der Waals surface area (Å²) in [7, 11) is 1.56. The molecule has 0 saturated carbocycles. The van der Waals surface area contributed by atoms with Crippen LogP contribution in [0.1, 0.15) is 22.3 Å². The molecule has 1 N–H and O–H groups in total. The van der Waals surface area contributed by atoms with Crippen LogP contribution in [-0.4, -0.2) is 25.5 Å². The molecule has 0 bridgehead atoms. The number of nitrogens with zero attached hydrogens (tertiary/aromatic N) is 1. The number of carbonyl (C=O) groups is 2. The van der Waals surface area contributed by atoms with E-state index in [0.717, 1.165) is 16.1 Å². The highest BCUT2D eigenvalue weighted by atomic mass is 16.5. The molecule has 2 aromatic carbocycles. The molecule has 0 spiro atoms. The molecule has 25 heavy (non-hydrogen) atoms. The van der Waals surface area contributed by atoms with E-state index in [2.05, 4.69) is 10.3 Å². The van der Waals surface area contributed by atoms with E-state index in [1.54, 1.807) is 31.4 Å². The number of hydrogen-bond donors (Lipinski definition) is 1. The average Bonchev–Trinajstić information content (AvgIpc) is 2.62. The zero-order chi connectivity index (χ0) is 17.8. The molecule has 1 heterocycles. The minimum atomic E-state index is -0.305. The van der Waals surface area contributed by atoms with Crippen molar-refractivity contribution in [2.75, 3.05) is 13.7 Å². The molecule has 1 aliphatic rings. The highest BCUT2D eigenvalue weighted by molar-refractivity contribution is 5.94. The van der Waals surface area contributed by atoms with Gasteiger partial charge in [0.15, 0.2) is 0 Å². The molecule has 5 heteroatoms. The third kappa shape index (κ3) is 3.94. The van der Waals surface area contributed by atoms with Gasteiger partial charge in [0, 0.05) is 12.1 Å². The van der Waals surface area contributed by atoms with Crippen LogP contribution in [0.15, 0.2) is 47.5 Å². The number of methoxy groups -OCH3 is 1. The summed E-state index contributed by atoms with van der Waals surface area (Å²) in [5, 5.41) is 4.53. The lowest BCUT2D eigenvalue weighted by Crippen LogP contribution is -2.35. The Bertz CT molecular complexity index is 934. The molecule has 1 atom stereocenters. The molecular weight excluding hydrogens is 316 g/mol. The fourth-order valence-corrected chi connectivity index (χ4v) is 2.80. The van der Waals surface area contributed by atoms with Crippen molar-refractivity contribution in [2.45, 2.75) is 13.3 Å². The number of rotatable bonds is 5. The molecule has 3 rings (SSSR count). The summed E-state index contributed by atoms with van der Waals surface area (Å²) >= 11 is 0. The summed E-state index contributed by atoms with van der Waals surface area (Å²) in [4.78, 5) is 28.5. The summed E-state index contributed by atoms with van der Waals surface area (Å²) in [6, 6.07) is 12.8. The van der Waals surface area contributed by atoms with Crippen molar-refractivity contribution in [1.82, 2.24) is 5.32 Å². The smallest absolute Gasteiger partial charge is 0.253 e. The third-order valence-corrected chi connectivity index (χ3v) is 4.19. The van der Waals surface area contributed by atoms with Crippen molar-refractivity contribution < 1.29 is 14.3 Å². The summed E-state index contributed by atoms with van der Waals surface area (Å²) < 4.78 is 5.12. The van der Waals surface area contributed by atoms with E-state index in [-0.39, 0.29) is 17.7 Å². The molecule has 0 saturated heterocycles. The molecule has 5 nitrogen and oxygen atoms in total. The molecule has 0 aliphatic carbocycles. The Morgan fingerprint density at radius 3 is 2.88 bits per heavy atom. The molecule has 0 radical (unpaired) electrons. The number of ether oxygens (including phenoxy) is 1. The Balaban J connectivity index is 1.63. The second kappa shape index (κ2) is 7.30. The van der Waals surface area contributed by atoms with Crippen molar-refractivity contribution in [2.24, 2.45) is 10.9 Å². The monoisotopic (exact) mass is 336 g/mol. The average molecular weight is 336 g/mol. The predicted octanol–water partition coefficient (Wildman–Crippen LogP) is 1.38. The highest BCUT2D eigenvalue weighted by Gasteiger charge is 2.18. The fraction of sp³-hybridized carbons (Fsp3) is 0.250. The Morgan fingerprint density at radius 1 is 1.24 bits per heavy atom. The van der Waals surface area contributed by atoms with Gasteiger partial charge in [-0.3, -0.25) is 9.59 Å². The SMILES string of the molecule is COc1cccc(C(=O)NCCC2C=c3ccc(C)cc3=NC2=O)c1. The van der Waals surface area contributed by atoms with Crippen LogP contribution in [0.5, 0.6) is 5.75 Å². The van der Waals surface area contributed by atoms with E-state index in [1.807, 2.05) is 31.2 Å². The van der Waals surface area contributed by atoms with Crippen LogP contribution in [0.2, 0.25) is 0 Å². The van der Waals surface area contributed by atoms with Crippen molar-refractivity contribution in [3.63, 3.8) is 0 Å². The molecule has 0 fully saturated rings. The first-order chi connectivity index (χ1) is 12.1. The Kier molecular flexibility index (Phi) is 4.93. The molecule has 0 aromatic heterocycles. The fourth-order valence-electron chi connectivity index (χ4n) is 2.80. The van der Waals surface area contributed by atoms with E-state index in [4.69, 9.17) is 4.74 Å². The van der Waals surface area contributed by atoms with Gasteiger partial charge in [0.25, 0.3) is 11.8 Å². The van der Waals surface area contributed by atoms with Crippen molar-refractivity contribution in [3.05, 3.63) is 64.2 Å². The van der Waals surface area contributed by atoms with Crippen molar-refractivity contribution in [1.29, 1.82) is 0 Å². The first-order valence-corrected chi connectivity index (χ1v) is 8.20. The molecule has 2 amide bonds. The van der Waals surface area contributed by atoms with Crippen LogP contribution in [0.4, 0.5) is 0 Å². The van der Waals surface area contributed by atoms with E-state index in [9.17, 15) is 9.59 Å². The number of amides is 2. The van der Waals surface area contributed by atoms with Gasteiger partial charge in [-0.15, -0.1) is 0 Å². The largest absolute Gasteiger partial charge is 0.497 e. The van der Waals surface area contributed by atoms with Gasteiger partial charge in [0.05, 0.1) is 18.4 Å². The Morgan fingerprint density at radius 2 is 2.08 bits per heavy atom. The maximum atomic E-state index is 12.2. The minimum Gasteiger partial charge on any atom is -0.497 e. The van der Waals surface area contributed by atoms with E-state index in [1.165, 1.54) is 0 Å². The maximum absolute atomic E-state index is 12.2. The summed E-state index contributed by atoms with van der Waals surface area (Å²) in [6.07, 6.45) is 2.45. The topological polar surface area (TPSA) is 67.8 Å². The van der Waals surface area contributed by atoms with Crippen molar-refractivity contribution in [3.8, 4) is 5.75 Å². The van der Waals surface area contributed by atoms with Gasteiger partial charge < -0.3 is 10.1 Å². The van der Waals surface area contributed by atoms with Crippen LogP contribution in [0.3, 0.4) is 0 Å². The van der Waals surface area contributed by atoms with Gasteiger partial charge in [-0.2, -0.15) is 0 Å². The molecule has 128 valence electrons. The van der Waals surface area contributed by atoms with Gasteiger partial charge in [-0.25, -0.2) is 4.99 Å². The second-order valence-electron chi connectivity index (χ2n) is 6.06. The lowest BCUT2D eigenvalue weighted by molar-refractivity contribution is -0.120. The summed E-state index contributed by atoms with van der Waals surface area (Å²) in [5.74, 6) is -0.0150. The van der Waals surface area contributed by atoms with Crippen LogP contribution < -0.4 is 20.6 Å². The summed E-state index contributed by atoms with van der Waals surface area (Å²) in [5.41, 5.74) is 1.61. The van der Waals surface area contributed by atoms with Crippen LogP contribution in [0, 0.1) is 12.8 Å². The van der Waals surface area contributed by atoms with Gasteiger partial charge in [0.2, 0.25) is 0 Å². The van der Waals surface area contributed by atoms with Crippen LogP contribution >= 0.6 is 0 Å². The molecule has 1 aliphatic heterocycles. The number of hydrogen-bond acceptors (Lipinski definition) is 3. The predicted molar refractivity (Wildman–Crippen MR) is 94.9 cm³/mol. The molecule has 1 unspecified atom stereocenters. The van der Waals surface area contributed by atoms with E-state index >= 15 is 0 Å². The maximum Gasteiger partial charge on any atom is 0.253 e. The minimum absolute atomic E-state index is 0.159. The van der Waals surface area contributed by atoms with Crippen molar-refractivity contribution >= 4 is 17.9 Å². The van der Waals surface area contributed by atoms with E-state index in [0.29, 0.717) is 24.3 Å². The Hall–Kier alpha value is -2.95. The molecule has 2 aromatic rings. The third-order valence-electron chi connectivity index (χ3n) is 4.19. The Labute approximate surface area is 146 Å². The van der Waals surface area contributed by atoms with Gasteiger partial charge in [-0.1, -0.05) is 24.3 Å². The lowest BCUT2D eigenvalue weighted by Gasteiger charge is -2.13. The number of nitrogens with one attached hydrogen (secondary N) is 1. The lowest BCUT2D eigenvalue weighted by atomic mass is 9.99. The van der Waals surface area contributed by atoms with Gasteiger partial charge >= 0.3 is 0 Å². The zero-order valence-electron chi connectivity index (χ0n) is 14.3. The first-order valence-electron chi connectivity index (χ1n) is 8.20. The standard InChI is InChI=1S/C20H20N2O3/c1-13-6-7-14-11-16(20(24)22-18(14)10-13)8-9-21-19(23)15-4-3-5-17(12-15)25-2/h3-7,10-12,16H,8-9H2,1-2H3,(H,21,23). The zero-order valence-corrected chi connectivity index (χ0v) is 14.3. The number of benzene rings is 2. The van der Waals surface area contributed by atoms with Gasteiger partial charge in [0.1, 0.15) is 5.75 Å². The first kappa shape index (κ1) is 16.9.